The number of nitrogens with zero attached hydrogens (tertiary/aromatic N) is 4. The summed E-state index contributed by atoms with van der Waals surface area (Å²) in [7, 11) is 1.88. The van der Waals surface area contributed by atoms with Gasteiger partial charge in [0.15, 0.2) is 0 Å². The number of nitrogens with one attached hydrogen (secondary N) is 1. The van der Waals surface area contributed by atoms with Crippen molar-refractivity contribution < 1.29 is 4.79 Å². The number of hydrogen-bond acceptors (Lipinski definition) is 3. The van der Waals surface area contributed by atoms with E-state index in [1.165, 1.54) is 0 Å². The molecule has 6 nitrogen and oxygen atoms in total. The summed E-state index contributed by atoms with van der Waals surface area (Å²) in [6.07, 6.45) is 6.53. The van der Waals surface area contributed by atoms with Crippen LogP contribution in [-0.2, 0) is 24.8 Å². The Morgan fingerprint density at radius 3 is 2.83 bits per heavy atom. The molecule has 0 aliphatic heterocycles. The third-order valence-corrected chi connectivity index (χ3v) is 3.70. The molecule has 6 heteroatoms. The van der Waals surface area contributed by atoms with Crippen LogP contribution in [0.3, 0.4) is 0 Å². The van der Waals surface area contributed by atoms with E-state index in [-0.39, 0.29) is 5.91 Å². The predicted octanol–water partition coefficient (Wildman–Crippen LogP) is 1.85. The number of rotatable bonds is 6. The smallest absolute Gasteiger partial charge is 0.220 e. The maximum atomic E-state index is 12.0. The normalized spacial score (nSPS) is 10.7. The molecule has 3 rings (SSSR count). The van der Waals surface area contributed by atoms with Crippen LogP contribution in [0.15, 0.2) is 55.0 Å². The van der Waals surface area contributed by atoms with E-state index in [1.54, 1.807) is 21.8 Å². The summed E-state index contributed by atoms with van der Waals surface area (Å²) in [4.78, 5) is 12.0. The Bertz CT molecular complexity index is 776. The summed E-state index contributed by atoms with van der Waals surface area (Å²) in [6.45, 7) is 0.513. The monoisotopic (exact) mass is 309 g/mol. The molecule has 0 radical (unpaired) electrons. The topological polar surface area (TPSA) is 64.7 Å². The lowest BCUT2D eigenvalue weighted by Crippen LogP contribution is -2.23. The molecule has 2 aromatic heterocycles. The summed E-state index contributed by atoms with van der Waals surface area (Å²) in [6, 6.07) is 11.8. The zero-order valence-electron chi connectivity index (χ0n) is 13.0. The fourth-order valence-electron chi connectivity index (χ4n) is 2.41. The van der Waals surface area contributed by atoms with E-state index in [0.717, 1.165) is 16.9 Å². The Balaban J connectivity index is 1.53. The maximum Gasteiger partial charge on any atom is 0.220 e. The van der Waals surface area contributed by atoms with Crippen molar-refractivity contribution in [2.75, 3.05) is 0 Å². The molecule has 0 aliphatic carbocycles. The molecule has 2 heterocycles. The molecule has 1 amide bonds. The van der Waals surface area contributed by atoms with E-state index < -0.39 is 0 Å². The van der Waals surface area contributed by atoms with Gasteiger partial charge in [-0.1, -0.05) is 12.1 Å². The highest BCUT2D eigenvalue weighted by atomic mass is 16.1. The Labute approximate surface area is 134 Å². The molecular weight excluding hydrogens is 290 g/mol. The fraction of sp³-hybridized carbons (Fsp3) is 0.235. The molecule has 0 saturated heterocycles. The summed E-state index contributed by atoms with van der Waals surface area (Å²) in [5.74, 6) is 0.0377. The third-order valence-electron chi connectivity index (χ3n) is 3.70. The predicted molar refractivity (Wildman–Crippen MR) is 86.9 cm³/mol. The van der Waals surface area contributed by atoms with Gasteiger partial charge < -0.3 is 5.32 Å². The lowest BCUT2D eigenvalue weighted by molar-refractivity contribution is -0.121. The number of carbonyl (C=O) groups is 1. The number of carbonyl (C=O) groups excluding carboxylic acids is 1. The molecule has 0 aliphatic rings. The van der Waals surface area contributed by atoms with Gasteiger partial charge in [-0.3, -0.25) is 9.48 Å². The molecule has 0 bridgehead atoms. The summed E-state index contributed by atoms with van der Waals surface area (Å²) < 4.78 is 3.59. The second kappa shape index (κ2) is 6.91. The van der Waals surface area contributed by atoms with Crippen molar-refractivity contribution in [3.63, 3.8) is 0 Å². The molecule has 1 aromatic carbocycles. The van der Waals surface area contributed by atoms with Crippen LogP contribution >= 0.6 is 0 Å². The quantitative estimate of drug-likeness (QED) is 0.756. The molecule has 0 fully saturated rings. The number of benzene rings is 1. The van der Waals surface area contributed by atoms with Gasteiger partial charge in [-0.2, -0.15) is 10.2 Å². The lowest BCUT2D eigenvalue weighted by atomic mass is 10.2. The van der Waals surface area contributed by atoms with Gasteiger partial charge in [0.2, 0.25) is 5.91 Å². The summed E-state index contributed by atoms with van der Waals surface area (Å²) in [5, 5.41) is 11.3. The van der Waals surface area contributed by atoms with Gasteiger partial charge in [-0.25, -0.2) is 4.68 Å². The van der Waals surface area contributed by atoms with Gasteiger partial charge in [0, 0.05) is 44.3 Å². The summed E-state index contributed by atoms with van der Waals surface area (Å²) in [5.41, 5.74) is 3.09. The average molecular weight is 309 g/mol. The number of hydrogen-bond donors (Lipinski definition) is 1. The van der Waals surface area contributed by atoms with Crippen LogP contribution < -0.4 is 5.32 Å². The highest BCUT2D eigenvalue weighted by Gasteiger charge is 2.05. The van der Waals surface area contributed by atoms with E-state index in [9.17, 15) is 4.79 Å². The Hall–Kier alpha value is -2.89. The largest absolute Gasteiger partial charge is 0.352 e. The highest BCUT2D eigenvalue weighted by Crippen LogP contribution is 2.09. The van der Waals surface area contributed by atoms with Gasteiger partial charge in [0.1, 0.15) is 0 Å². The SMILES string of the molecule is Cn1nccc1CCC(=O)NCc1cccc(-n2cccn2)c1. The molecule has 0 atom stereocenters. The number of aromatic nitrogens is 4. The fourth-order valence-corrected chi connectivity index (χ4v) is 2.41. The summed E-state index contributed by atoms with van der Waals surface area (Å²) >= 11 is 0. The van der Waals surface area contributed by atoms with Gasteiger partial charge in [0.05, 0.1) is 5.69 Å². The van der Waals surface area contributed by atoms with Crippen molar-refractivity contribution in [1.82, 2.24) is 24.9 Å². The first kappa shape index (κ1) is 15.0. The maximum absolute atomic E-state index is 12.0. The Kier molecular flexibility index (Phi) is 4.52. The van der Waals surface area contributed by atoms with Crippen LogP contribution in [0.2, 0.25) is 0 Å². The molecule has 0 saturated carbocycles. The van der Waals surface area contributed by atoms with Crippen molar-refractivity contribution in [2.45, 2.75) is 19.4 Å². The first-order valence-corrected chi connectivity index (χ1v) is 7.55. The standard InChI is InChI=1S/C17H19N5O/c1-21-15(8-10-19-21)6-7-17(23)18-13-14-4-2-5-16(12-14)22-11-3-9-20-22/h2-5,8-12H,6-7,13H2,1H3,(H,18,23). The Morgan fingerprint density at radius 2 is 2.09 bits per heavy atom. The molecule has 1 N–H and O–H groups in total. The number of amides is 1. The average Bonchev–Trinajstić information content (AvgIpc) is 3.23. The van der Waals surface area contributed by atoms with E-state index in [4.69, 9.17) is 0 Å². The van der Waals surface area contributed by atoms with Gasteiger partial charge in [-0.15, -0.1) is 0 Å². The third kappa shape index (κ3) is 3.85. The van der Waals surface area contributed by atoms with Crippen LogP contribution in [0.25, 0.3) is 5.69 Å². The lowest BCUT2D eigenvalue weighted by Gasteiger charge is -2.08. The van der Waals surface area contributed by atoms with Crippen molar-refractivity contribution in [2.24, 2.45) is 7.05 Å². The van der Waals surface area contributed by atoms with Crippen molar-refractivity contribution in [3.05, 3.63) is 66.2 Å². The zero-order valence-corrected chi connectivity index (χ0v) is 13.0. The van der Waals surface area contributed by atoms with Crippen molar-refractivity contribution in [3.8, 4) is 5.69 Å². The van der Waals surface area contributed by atoms with E-state index >= 15 is 0 Å². The molecule has 0 spiro atoms. The zero-order chi connectivity index (χ0) is 16.1. The van der Waals surface area contributed by atoms with Crippen LogP contribution in [-0.4, -0.2) is 25.5 Å². The van der Waals surface area contributed by atoms with E-state index in [2.05, 4.69) is 15.5 Å². The van der Waals surface area contributed by atoms with Gasteiger partial charge >= 0.3 is 0 Å². The van der Waals surface area contributed by atoms with Gasteiger partial charge in [-0.05, 0) is 36.2 Å². The first-order chi connectivity index (χ1) is 11.2. The van der Waals surface area contributed by atoms with E-state index in [0.29, 0.717) is 19.4 Å². The second-order valence-electron chi connectivity index (χ2n) is 5.34. The minimum Gasteiger partial charge on any atom is -0.352 e. The van der Waals surface area contributed by atoms with Crippen molar-refractivity contribution >= 4 is 5.91 Å². The highest BCUT2D eigenvalue weighted by molar-refractivity contribution is 5.76. The van der Waals surface area contributed by atoms with Crippen molar-refractivity contribution in [1.29, 1.82) is 0 Å². The van der Waals surface area contributed by atoms with Crippen LogP contribution in [0.1, 0.15) is 17.7 Å². The molecule has 118 valence electrons. The minimum absolute atomic E-state index is 0.0377. The van der Waals surface area contributed by atoms with Crippen LogP contribution in [0.5, 0.6) is 0 Å². The molecule has 0 unspecified atom stereocenters. The van der Waals surface area contributed by atoms with Crippen LogP contribution in [0, 0.1) is 0 Å². The molecule has 3 aromatic rings. The molecular formula is C17H19N5O. The molecule has 23 heavy (non-hydrogen) atoms. The van der Waals surface area contributed by atoms with Crippen LogP contribution in [0.4, 0.5) is 0 Å². The minimum atomic E-state index is 0.0377. The number of aryl methyl sites for hydroxylation is 2. The Morgan fingerprint density at radius 1 is 1.17 bits per heavy atom. The first-order valence-electron chi connectivity index (χ1n) is 7.55. The van der Waals surface area contributed by atoms with E-state index in [1.807, 2.05) is 49.6 Å². The van der Waals surface area contributed by atoms with Gasteiger partial charge in [0.25, 0.3) is 0 Å². The second-order valence-corrected chi connectivity index (χ2v) is 5.34.